The second-order valence-corrected chi connectivity index (χ2v) is 4.42. The second kappa shape index (κ2) is 5.15. The van der Waals surface area contributed by atoms with Gasteiger partial charge in [-0.15, -0.1) is 0 Å². The first kappa shape index (κ1) is 11.9. The predicted octanol–water partition coefficient (Wildman–Crippen LogP) is 1.91. The third-order valence-corrected chi connectivity index (χ3v) is 3.15. The number of nitrogens with one attached hydrogen (secondary N) is 1. The molecule has 0 spiro atoms. The Balaban J connectivity index is 2.18. The molecular formula is C13H16FN3. The van der Waals surface area contributed by atoms with Gasteiger partial charge in [0.15, 0.2) is 0 Å². The van der Waals surface area contributed by atoms with Gasteiger partial charge in [0.05, 0.1) is 18.2 Å². The smallest absolute Gasteiger partial charge is 0.146 e. The van der Waals surface area contributed by atoms with E-state index in [0.717, 1.165) is 6.54 Å². The molecule has 1 N–H and O–H groups in total. The maximum atomic E-state index is 13.7. The Labute approximate surface area is 101 Å². The van der Waals surface area contributed by atoms with Crippen LogP contribution in [0.4, 0.5) is 10.1 Å². The van der Waals surface area contributed by atoms with Crippen molar-refractivity contribution in [1.29, 1.82) is 5.26 Å². The van der Waals surface area contributed by atoms with Gasteiger partial charge in [0, 0.05) is 25.2 Å². The zero-order valence-corrected chi connectivity index (χ0v) is 9.86. The van der Waals surface area contributed by atoms with Crippen LogP contribution in [0.5, 0.6) is 0 Å². The van der Waals surface area contributed by atoms with Crippen LogP contribution in [-0.4, -0.2) is 25.2 Å². The number of benzene rings is 1. The van der Waals surface area contributed by atoms with Crippen LogP contribution in [0.15, 0.2) is 24.3 Å². The molecule has 0 aliphatic carbocycles. The number of para-hydroxylation sites is 1. The van der Waals surface area contributed by atoms with Crippen LogP contribution in [0.2, 0.25) is 0 Å². The van der Waals surface area contributed by atoms with Crippen LogP contribution in [0.3, 0.4) is 0 Å². The lowest BCUT2D eigenvalue weighted by molar-refractivity contribution is 0.405. The van der Waals surface area contributed by atoms with Gasteiger partial charge in [-0.05, 0) is 19.1 Å². The van der Waals surface area contributed by atoms with Gasteiger partial charge >= 0.3 is 0 Å². The Morgan fingerprint density at radius 2 is 2.29 bits per heavy atom. The summed E-state index contributed by atoms with van der Waals surface area (Å²) in [5, 5.41) is 12.0. The molecule has 0 bridgehead atoms. The third-order valence-electron chi connectivity index (χ3n) is 3.15. The average Bonchev–Trinajstić information content (AvgIpc) is 2.33. The molecule has 0 radical (unpaired) electrons. The fraction of sp³-hybridized carbons (Fsp3) is 0.462. The van der Waals surface area contributed by atoms with Gasteiger partial charge in [-0.25, -0.2) is 4.39 Å². The molecule has 1 aliphatic heterocycles. The van der Waals surface area contributed by atoms with E-state index >= 15 is 0 Å². The fourth-order valence-corrected chi connectivity index (χ4v) is 2.20. The number of nitriles is 1. The summed E-state index contributed by atoms with van der Waals surface area (Å²) in [6, 6.07) is 9.32. The van der Waals surface area contributed by atoms with Crippen molar-refractivity contribution < 1.29 is 4.39 Å². The van der Waals surface area contributed by atoms with E-state index in [-0.39, 0.29) is 17.9 Å². The summed E-state index contributed by atoms with van der Waals surface area (Å²) < 4.78 is 13.7. The Kier molecular flexibility index (Phi) is 3.60. The van der Waals surface area contributed by atoms with E-state index in [1.54, 1.807) is 12.1 Å². The molecule has 0 amide bonds. The molecular weight excluding hydrogens is 217 g/mol. The van der Waals surface area contributed by atoms with Crippen LogP contribution in [0.25, 0.3) is 0 Å². The van der Waals surface area contributed by atoms with Crippen molar-refractivity contribution in [2.45, 2.75) is 25.4 Å². The summed E-state index contributed by atoms with van der Waals surface area (Å²) in [6.07, 6.45) is 0.456. The predicted molar refractivity (Wildman–Crippen MR) is 65.2 cm³/mol. The maximum Gasteiger partial charge on any atom is 0.146 e. The molecule has 90 valence electrons. The first-order valence-corrected chi connectivity index (χ1v) is 5.84. The number of piperazine rings is 1. The molecule has 2 rings (SSSR count). The number of hydrogen-bond acceptors (Lipinski definition) is 3. The summed E-state index contributed by atoms with van der Waals surface area (Å²) in [5.41, 5.74) is 0.629. The minimum atomic E-state index is -0.197. The molecule has 1 aromatic rings. The van der Waals surface area contributed by atoms with Crippen LogP contribution in [0, 0.1) is 17.1 Å². The fourth-order valence-electron chi connectivity index (χ4n) is 2.20. The number of rotatable bonds is 2. The number of nitrogens with zero attached hydrogens (tertiary/aromatic N) is 2. The zero-order valence-electron chi connectivity index (χ0n) is 9.86. The molecule has 2 atom stereocenters. The summed E-state index contributed by atoms with van der Waals surface area (Å²) in [5.74, 6) is -0.197. The SMILES string of the molecule is CC1CNC(CC#N)CN1c1ccccc1F. The van der Waals surface area contributed by atoms with Crippen molar-refractivity contribution in [3.63, 3.8) is 0 Å². The quantitative estimate of drug-likeness (QED) is 0.848. The van der Waals surface area contributed by atoms with Gasteiger partial charge in [-0.1, -0.05) is 12.1 Å². The van der Waals surface area contributed by atoms with E-state index in [9.17, 15) is 4.39 Å². The van der Waals surface area contributed by atoms with E-state index in [2.05, 4.69) is 18.3 Å². The van der Waals surface area contributed by atoms with Crippen molar-refractivity contribution in [2.24, 2.45) is 0 Å². The molecule has 1 heterocycles. The molecule has 1 fully saturated rings. The molecule has 1 aliphatic rings. The van der Waals surface area contributed by atoms with Crippen molar-refractivity contribution in [2.75, 3.05) is 18.0 Å². The van der Waals surface area contributed by atoms with E-state index in [1.165, 1.54) is 6.07 Å². The minimum Gasteiger partial charge on any atom is -0.364 e. The highest BCUT2D eigenvalue weighted by Crippen LogP contribution is 2.23. The third kappa shape index (κ3) is 2.56. The molecule has 17 heavy (non-hydrogen) atoms. The Morgan fingerprint density at radius 1 is 1.53 bits per heavy atom. The second-order valence-electron chi connectivity index (χ2n) is 4.42. The van der Waals surface area contributed by atoms with Gasteiger partial charge in [0.2, 0.25) is 0 Å². The first-order valence-electron chi connectivity index (χ1n) is 5.84. The standard InChI is InChI=1S/C13H16FN3/c1-10-8-16-11(6-7-15)9-17(10)13-5-3-2-4-12(13)14/h2-5,10-11,16H,6,8-9H2,1H3. The highest BCUT2D eigenvalue weighted by atomic mass is 19.1. The molecule has 0 aromatic heterocycles. The lowest BCUT2D eigenvalue weighted by Crippen LogP contribution is -2.55. The van der Waals surface area contributed by atoms with E-state index in [1.807, 2.05) is 11.0 Å². The lowest BCUT2D eigenvalue weighted by Gasteiger charge is -2.39. The van der Waals surface area contributed by atoms with Crippen LogP contribution in [-0.2, 0) is 0 Å². The normalized spacial score (nSPS) is 24.4. The van der Waals surface area contributed by atoms with Gasteiger partial charge in [0.1, 0.15) is 5.82 Å². The highest BCUT2D eigenvalue weighted by molar-refractivity contribution is 5.49. The molecule has 0 saturated carbocycles. The topological polar surface area (TPSA) is 39.1 Å². The van der Waals surface area contributed by atoms with Crippen LogP contribution >= 0.6 is 0 Å². The van der Waals surface area contributed by atoms with E-state index in [0.29, 0.717) is 18.7 Å². The van der Waals surface area contributed by atoms with Gasteiger partial charge in [0.25, 0.3) is 0 Å². The molecule has 1 saturated heterocycles. The zero-order chi connectivity index (χ0) is 12.3. The van der Waals surface area contributed by atoms with Crippen molar-refractivity contribution in [3.05, 3.63) is 30.1 Å². The van der Waals surface area contributed by atoms with Crippen molar-refractivity contribution >= 4 is 5.69 Å². The first-order chi connectivity index (χ1) is 8.22. The van der Waals surface area contributed by atoms with Gasteiger partial charge in [-0.3, -0.25) is 0 Å². The van der Waals surface area contributed by atoms with Gasteiger partial charge < -0.3 is 10.2 Å². The van der Waals surface area contributed by atoms with Crippen molar-refractivity contribution in [3.8, 4) is 6.07 Å². The molecule has 2 unspecified atom stereocenters. The highest BCUT2D eigenvalue weighted by Gasteiger charge is 2.26. The maximum absolute atomic E-state index is 13.7. The van der Waals surface area contributed by atoms with Gasteiger partial charge in [-0.2, -0.15) is 5.26 Å². The number of hydrogen-bond donors (Lipinski definition) is 1. The summed E-state index contributed by atoms with van der Waals surface area (Å²) >= 11 is 0. The molecule has 1 aromatic carbocycles. The van der Waals surface area contributed by atoms with E-state index < -0.39 is 0 Å². The number of halogens is 1. The Morgan fingerprint density at radius 3 is 3.00 bits per heavy atom. The van der Waals surface area contributed by atoms with E-state index in [4.69, 9.17) is 5.26 Å². The summed E-state index contributed by atoms with van der Waals surface area (Å²) in [4.78, 5) is 2.04. The largest absolute Gasteiger partial charge is 0.364 e. The average molecular weight is 233 g/mol. The number of anilines is 1. The Bertz CT molecular complexity index is 427. The monoisotopic (exact) mass is 233 g/mol. The summed E-state index contributed by atoms with van der Waals surface area (Å²) in [7, 11) is 0. The van der Waals surface area contributed by atoms with Crippen LogP contribution < -0.4 is 10.2 Å². The van der Waals surface area contributed by atoms with Crippen LogP contribution in [0.1, 0.15) is 13.3 Å². The lowest BCUT2D eigenvalue weighted by atomic mass is 10.1. The van der Waals surface area contributed by atoms with Crippen molar-refractivity contribution in [1.82, 2.24) is 5.32 Å². The summed E-state index contributed by atoms with van der Waals surface area (Å²) in [6.45, 7) is 3.51. The molecule has 3 nitrogen and oxygen atoms in total. The Hall–Kier alpha value is -1.60. The molecule has 4 heteroatoms. The minimum absolute atomic E-state index is 0.121.